The van der Waals surface area contributed by atoms with Gasteiger partial charge in [-0.3, -0.25) is 9.59 Å². The van der Waals surface area contributed by atoms with Gasteiger partial charge in [-0.1, -0.05) is 26.7 Å². The summed E-state index contributed by atoms with van der Waals surface area (Å²) < 4.78 is 0. The van der Waals surface area contributed by atoms with E-state index in [1.165, 1.54) is 4.90 Å². The summed E-state index contributed by atoms with van der Waals surface area (Å²) in [6.45, 7) is 5.45. The van der Waals surface area contributed by atoms with Crippen molar-refractivity contribution in [2.45, 2.75) is 39.5 Å². The molecular weight excluding hydrogens is 283 g/mol. The smallest absolute Gasteiger partial charge is 0.540 e. The van der Waals surface area contributed by atoms with Gasteiger partial charge in [-0.25, -0.2) is 0 Å². The van der Waals surface area contributed by atoms with Crippen molar-refractivity contribution >= 4 is 17.8 Å². The Morgan fingerprint density at radius 3 is 2.00 bits per heavy atom. The van der Waals surface area contributed by atoms with E-state index in [1.54, 1.807) is 4.90 Å². The van der Waals surface area contributed by atoms with Crippen LogP contribution in [0.15, 0.2) is 0 Å². The Bertz CT molecular complexity index is 368. The molecule has 1 aliphatic rings. The van der Waals surface area contributed by atoms with Gasteiger partial charge in [0.15, 0.2) is 0 Å². The average molecular weight is 306 g/mol. The molecule has 0 spiro atoms. The van der Waals surface area contributed by atoms with Crippen LogP contribution >= 0.6 is 0 Å². The normalized spacial score (nSPS) is 16.1. The number of aliphatic carboxylic acids is 1. The van der Waals surface area contributed by atoms with Crippen molar-refractivity contribution in [3.8, 4) is 0 Å². The molecule has 7 heteroatoms. The van der Waals surface area contributed by atoms with E-state index >= 15 is 0 Å². The quantitative estimate of drug-likeness (QED) is 0.392. The van der Waals surface area contributed by atoms with Gasteiger partial charge in [0.1, 0.15) is 5.97 Å². The van der Waals surface area contributed by atoms with Gasteiger partial charge < -0.3 is 19.7 Å². The fourth-order valence-electron chi connectivity index (χ4n) is 2.47. The summed E-state index contributed by atoms with van der Waals surface area (Å²) in [5.74, 6) is -2.51. The molecule has 0 aliphatic carbocycles. The molecule has 21 heavy (non-hydrogen) atoms. The molecule has 0 aromatic rings. The van der Waals surface area contributed by atoms with Crippen LogP contribution in [0.4, 0.5) is 0 Å². The molecule has 1 unspecified atom stereocenters. The number of rotatable bonds is 5. The molecule has 0 saturated carbocycles. The Balaban J connectivity index is 0.00000400. The van der Waals surface area contributed by atoms with Crippen LogP contribution in [-0.2, 0) is 14.4 Å². The summed E-state index contributed by atoms with van der Waals surface area (Å²) in [5, 5.41) is 10.5. The van der Waals surface area contributed by atoms with Crippen LogP contribution in [0.5, 0.6) is 0 Å². The molecular formula is C14H23N2NaO4. The molecule has 0 N–H and O–H groups in total. The van der Waals surface area contributed by atoms with Gasteiger partial charge in [0, 0.05) is 32.1 Å². The number of carboxylic acid groups (broad SMARTS) is 1. The van der Waals surface area contributed by atoms with Gasteiger partial charge >= 0.3 is 29.6 Å². The fourth-order valence-corrected chi connectivity index (χ4v) is 2.47. The molecule has 0 radical (unpaired) electrons. The zero-order valence-electron chi connectivity index (χ0n) is 13.3. The molecule has 114 valence electrons. The third-order valence-electron chi connectivity index (χ3n) is 3.80. The number of carboxylic acids is 1. The van der Waals surface area contributed by atoms with Crippen molar-refractivity contribution < 1.29 is 49.0 Å². The summed E-state index contributed by atoms with van der Waals surface area (Å²) in [4.78, 5) is 37.1. The number of unbranched alkanes of at least 4 members (excludes halogenated alkanes) is 1. The van der Waals surface area contributed by atoms with Gasteiger partial charge in [0.05, 0.1) is 0 Å². The van der Waals surface area contributed by atoms with Crippen molar-refractivity contribution in [1.29, 1.82) is 0 Å². The van der Waals surface area contributed by atoms with Crippen LogP contribution in [0.3, 0.4) is 0 Å². The van der Waals surface area contributed by atoms with E-state index in [9.17, 15) is 19.5 Å². The molecule has 6 nitrogen and oxygen atoms in total. The minimum absolute atomic E-state index is 0. The summed E-state index contributed by atoms with van der Waals surface area (Å²) >= 11 is 0. The number of amides is 2. The number of hydrogen-bond donors (Lipinski definition) is 0. The number of nitrogens with zero attached hydrogens (tertiary/aromatic N) is 2. The first-order chi connectivity index (χ1) is 9.51. The van der Waals surface area contributed by atoms with Gasteiger partial charge in [-0.15, -0.1) is 0 Å². The van der Waals surface area contributed by atoms with Crippen LogP contribution in [0.1, 0.15) is 39.5 Å². The monoisotopic (exact) mass is 306 g/mol. The Morgan fingerprint density at radius 2 is 1.57 bits per heavy atom. The molecule has 1 aliphatic heterocycles. The second kappa shape index (κ2) is 10.2. The van der Waals surface area contributed by atoms with Gasteiger partial charge in [0.2, 0.25) is 5.91 Å². The Kier molecular flexibility index (Phi) is 9.90. The van der Waals surface area contributed by atoms with Crippen LogP contribution in [-0.4, -0.2) is 53.8 Å². The molecule has 1 heterocycles. The zero-order valence-corrected chi connectivity index (χ0v) is 15.3. The van der Waals surface area contributed by atoms with E-state index in [0.29, 0.717) is 13.1 Å². The molecule has 0 bridgehead atoms. The standard InChI is InChI=1S/C14H24N2O4.Na/c1-3-5-6-11(4-2)12(17)15-7-9-16(10-8-15)13(18)14(19)20;/h11H,3-10H2,1-2H3,(H,19,20);/q;+1/p-1. The van der Waals surface area contributed by atoms with Crippen LogP contribution in [0, 0.1) is 5.92 Å². The summed E-state index contributed by atoms with van der Waals surface area (Å²) in [7, 11) is 0. The van der Waals surface area contributed by atoms with Crippen molar-refractivity contribution in [2.75, 3.05) is 26.2 Å². The van der Waals surface area contributed by atoms with E-state index in [0.717, 1.165) is 25.7 Å². The third kappa shape index (κ3) is 5.96. The summed E-state index contributed by atoms with van der Waals surface area (Å²) in [6, 6.07) is 0. The predicted octanol–water partition coefficient (Wildman–Crippen LogP) is -3.37. The second-order valence-electron chi connectivity index (χ2n) is 5.15. The Hall–Kier alpha value is -0.590. The number of carbonyl (C=O) groups is 3. The van der Waals surface area contributed by atoms with E-state index in [2.05, 4.69) is 6.92 Å². The van der Waals surface area contributed by atoms with E-state index < -0.39 is 11.9 Å². The number of hydrogen-bond acceptors (Lipinski definition) is 4. The second-order valence-corrected chi connectivity index (χ2v) is 5.15. The van der Waals surface area contributed by atoms with Gasteiger partial charge in [-0.2, -0.15) is 0 Å². The van der Waals surface area contributed by atoms with Gasteiger partial charge in [-0.05, 0) is 12.8 Å². The maximum absolute atomic E-state index is 12.3. The van der Waals surface area contributed by atoms with Crippen molar-refractivity contribution in [2.24, 2.45) is 5.92 Å². The maximum Gasteiger partial charge on any atom is 1.00 e. The van der Waals surface area contributed by atoms with Crippen molar-refractivity contribution in [3.05, 3.63) is 0 Å². The molecule has 0 aromatic carbocycles. The van der Waals surface area contributed by atoms with Crippen molar-refractivity contribution in [3.63, 3.8) is 0 Å². The minimum Gasteiger partial charge on any atom is -0.540 e. The molecule has 0 aromatic heterocycles. The van der Waals surface area contributed by atoms with Crippen LogP contribution in [0.2, 0.25) is 0 Å². The first-order valence-electron chi connectivity index (χ1n) is 7.30. The molecule has 1 fully saturated rings. The van der Waals surface area contributed by atoms with E-state index in [4.69, 9.17) is 0 Å². The topological polar surface area (TPSA) is 80.8 Å². The van der Waals surface area contributed by atoms with Gasteiger partial charge in [0.25, 0.3) is 5.91 Å². The van der Waals surface area contributed by atoms with E-state index in [1.807, 2.05) is 6.92 Å². The first kappa shape index (κ1) is 20.4. The first-order valence-corrected chi connectivity index (χ1v) is 7.30. The molecule has 1 rings (SSSR count). The van der Waals surface area contributed by atoms with Crippen LogP contribution < -0.4 is 34.7 Å². The fraction of sp³-hybridized carbons (Fsp3) is 0.786. The maximum atomic E-state index is 12.3. The number of carbonyl (C=O) groups excluding carboxylic acids is 3. The van der Waals surface area contributed by atoms with Crippen molar-refractivity contribution in [1.82, 2.24) is 9.80 Å². The van der Waals surface area contributed by atoms with E-state index in [-0.39, 0.29) is 54.5 Å². The molecule has 2 amide bonds. The molecule has 1 atom stereocenters. The zero-order chi connectivity index (χ0) is 15.1. The Morgan fingerprint density at radius 1 is 1.05 bits per heavy atom. The summed E-state index contributed by atoms with van der Waals surface area (Å²) in [6.07, 6.45) is 3.81. The number of piperazine rings is 1. The SMILES string of the molecule is CCCCC(CC)C(=O)N1CCN(C(=O)C(=O)[O-])CC1.[Na+]. The summed E-state index contributed by atoms with van der Waals surface area (Å²) in [5.41, 5.74) is 0. The minimum atomic E-state index is -1.68. The molecule has 1 saturated heterocycles. The third-order valence-corrected chi connectivity index (χ3v) is 3.80. The predicted molar refractivity (Wildman–Crippen MR) is 71.5 cm³/mol. The largest absolute Gasteiger partial charge is 1.00 e. The van der Waals surface area contributed by atoms with Crippen LogP contribution in [0.25, 0.3) is 0 Å². The average Bonchev–Trinajstić information content (AvgIpc) is 2.47. The Labute approximate surface area is 148 Å².